The van der Waals surface area contributed by atoms with E-state index in [1.807, 2.05) is 0 Å². The molecule has 0 saturated carbocycles. The molecule has 1 aromatic rings. The second-order valence-corrected chi connectivity index (χ2v) is 4.87. The third-order valence-corrected chi connectivity index (χ3v) is 3.00. The lowest BCUT2D eigenvalue weighted by Gasteiger charge is -2.13. The van der Waals surface area contributed by atoms with E-state index >= 15 is 0 Å². The normalized spacial score (nSPS) is 13.4. The minimum absolute atomic E-state index is 0.223. The Bertz CT molecular complexity index is 233. The van der Waals surface area contributed by atoms with Gasteiger partial charge >= 0.3 is 0 Å². The Kier molecular flexibility index (Phi) is 5.15. The maximum absolute atomic E-state index is 9.64. The van der Waals surface area contributed by atoms with E-state index in [-0.39, 0.29) is 6.10 Å². The van der Waals surface area contributed by atoms with Gasteiger partial charge in [0, 0.05) is 17.5 Å². The maximum atomic E-state index is 9.64. The molecule has 0 saturated heterocycles. The maximum Gasteiger partial charge on any atom is 0.0668 e. The number of rotatable bonds is 6. The fourth-order valence-corrected chi connectivity index (χ4v) is 1.96. The van der Waals surface area contributed by atoms with Crippen molar-refractivity contribution in [2.45, 2.75) is 38.8 Å². The fraction of sp³-hybridized carbons (Fsp3) is 0.636. The molecule has 0 amide bonds. The van der Waals surface area contributed by atoms with Crippen molar-refractivity contribution in [2.24, 2.45) is 0 Å². The zero-order valence-electron chi connectivity index (χ0n) is 8.86. The van der Waals surface area contributed by atoms with Crippen LogP contribution in [0, 0.1) is 0 Å². The number of hydrogen-bond acceptors (Lipinski definition) is 3. The van der Waals surface area contributed by atoms with Crippen LogP contribution in [-0.4, -0.2) is 23.8 Å². The van der Waals surface area contributed by atoms with Crippen molar-refractivity contribution < 1.29 is 5.11 Å². The van der Waals surface area contributed by atoms with Crippen LogP contribution in [0.15, 0.2) is 17.5 Å². The van der Waals surface area contributed by atoms with Gasteiger partial charge in [-0.1, -0.05) is 19.9 Å². The number of nitrogens with one attached hydrogen (secondary N) is 1. The summed E-state index contributed by atoms with van der Waals surface area (Å²) >= 11 is 1.76. The van der Waals surface area contributed by atoms with Gasteiger partial charge in [-0.25, -0.2) is 0 Å². The van der Waals surface area contributed by atoms with E-state index in [0.717, 1.165) is 12.8 Å². The Morgan fingerprint density at radius 2 is 2.29 bits per heavy atom. The molecule has 2 nitrogen and oxygen atoms in total. The largest absolute Gasteiger partial charge is 0.392 e. The van der Waals surface area contributed by atoms with Gasteiger partial charge in [0.2, 0.25) is 0 Å². The molecule has 3 heteroatoms. The van der Waals surface area contributed by atoms with Gasteiger partial charge in [0.1, 0.15) is 0 Å². The predicted octanol–water partition coefficient (Wildman–Crippen LogP) is 2.04. The summed E-state index contributed by atoms with van der Waals surface area (Å²) in [4.78, 5) is 1.36. The molecule has 0 bridgehead atoms. The Morgan fingerprint density at radius 1 is 1.50 bits per heavy atom. The van der Waals surface area contributed by atoms with Crippen LogP contribution in [0.25, 0.3) is 0 Å². The molecule has 0 radical (unpaired) electrons. The van der Waals surface area contributed by atoms with Crippen molar-refractivity contribution in [3.63, 3.8) is 0 Å². The zero-order chi connectivity index (χ0) is 10.4. The van der Waals surface area contributed by atoms with Crippen LogP contribution in [0.2, 0.25) is 0 Å². The van der Waals surface area contributed by atoms with Gasteiger partial charge in [0.05, 0.1) is 6.10 Å². The van der Waals surface area contributed by atoms with Gasteiger partial charge in [-0.15, -0.1) is 11.3 Å². The molecule has 1 aromatic heterocycles. The monoisotopic (exact) mass is 213 g/mol. The van der Waals surface area contributed by atoms with Gasteiger partial charge in [-0.2, -0.15) is 0 Å². The first-order chi connectivity index (χ1) is 6.68. The van der Waals surface area contributed by atoms with Crippen molar-refractivity contribution in [3.8, 4) is 0 Å². The van der Waals surface area contributed by atoms with E-state index < -0.39 is 0 Å². The van der Waals surface area contributed by atoms with Crippen LogP contribution in [0.4, 0.5) is 0 Å². The van der Waals surface area contributed by atoms with Crippen molar-refractivity contribution >= 4 is 11.3 Å². The summed E-state index contributed by atoms with van der Waals surface area (Å²) in [6.45, 7) is 4.88. The quantitative estimate of drug-likeness (QED) is 0.758. The Balaban J connectivity index is 2.12. The van der Waals surface area contributed by atoms with E-state index in [9.17, 15) is 5.11 Å². The van der Waals surface area contributed by atoms with Crippen LogP contribution < -0.4 is 5.32 Å². The molecule has 1 unspecified atom stereocenters. The van der Waals surface area contributed by atoms with Crippen LogP contribution >= 0.6 is 11.3 Å². The third-order valence-electron chi connectivity index (χ3n) is 2.07. The van der Waals surface area contributed by atoms with E-state index in [0.29, 0.717) is 12.6 Å². The molecule has 2 N–H and O–H groups in total. The third kappa shape index (κ3) is 4.74. The van der Waals surface area contributed by atoms with E-state index in [2.05, 4.69) is 36.7 Å². The second-order valence-electron chi connectivity index (χ2n) is 3.83. The van der Waals surface area contributed by atoms with Gasteiger partial charge in [-0.3, -0.25) is 0 Å². The van der Waals surface area contributed by atoms with Crippen LogP contribution in [-0.2, 0) is 6.42 Å². The van der Waals surface area contributed by atoms with E-state index in [1.54, 1.807) is 11.3 Å². The molecule has 1 heterocycles. The first-order valence-electron chi connectivity index (χ1n) is 5.12. The zero-order valence-corrected chi connectivity index (χ0v) is 9.68. The highest BCUT2D eigenvalue weighted by Crippen LogP contribution is 2.11. The Labute approximate surface area is 90.0 Å². The highest BCUT2D eigenvalue weighted by atomic mass is 32.1. The minimum Gasteiger partial charge on any atom is -0.392 e. The number of thiophene rings is 1. The first-order valence-corrected chi connectivity index (χ1v) is 6.00. The topological polar surface area (TPSA) is 32.3 Å². The first kappa shape index (κ1) is 11.7. The molecule has 14 heavy (non-hydrogen) atoms. The predicted molar refractivity (Wildman–Crippen MR) is 61.8 cm³/mol. The standard InChI is InChI=1S/C11H19NOS/c1-9(2)12-8-10(13)5-6-11-4-3-7-14-11/h3-4,7,9-10,12-13H,5-6,8H2,1-2H3. The summed E-state index contributed by atoms with van der Waals surface area (Å²) in [6.07, 6.45) is 1.61. The van der Waals surface area contributed by atoms with Gasteiger partial charge in [-0.05, 0) is 24.3 Å². The fourth-order valence-electron chi connectivity index (χ4n) is 1.24. The molecule has 0 aromatic carbocycles. The molecule has 0 aliphatic heterocycles. The number of aliphatic hydroxyl groups is 1. The molecule has 0 aliphatic carbocycles. The van der Waals surface area contributed by atoms with Gasteiger partial charge in [0.25, 0.3) is 0 Å². The summed E-state index contributed by atoms with van der Waals surface area (Å²) in [5.41, 5.74) is 0. The summed E-state index contributed by atoms with van der Waals surface area (Å²) in [5.74, 6) is 0. The number of aryl methyl sites for hydroxylation is 1. The highest BCUT2D eigenvalue weighted by Gasteiger charge is 2.05. The van der Waals surface area contributed by atoms with Crippen molar-refractivity contribution in [1.29, 1.82) is 0 Å². The Hall–Kier alpha value is -0.380. The van der Waals surface area contributed by atoms with E-state index in [1.165, 1.54) is 4.88 Å². The summed E-state index contributed by atoms with van der Waals surface area (Å²) < 4.78 is 0. The molecule has 0 spiro atoms. The van der Waals surface area contributed by atoms with Gasteiger partial charge < -0.3 is 10.4 Å². The SMILES string of the molecule is CC(C)NCC(O)CCc1cccs1. The molecule has 1 rings (SSSR count). The molecule has 1 atom stereocenters. The molecule has 0 fully saturated rings. The Morgan fingerprint density at radius 3 is 2.86 bits per heavy atom. The smallest absolute Gasteiger partial charge is 0.0668 e. The number of hydrogen-bond donors (Lipinski definition) is 2. The van der Waals surface area contributed by atoms with Crippen molar-refractivity contribution in [2.75, 3.05) is 6.54 Å². The molecular weight excluding hydrogens is 194 g/mol. The van der Waals surface area contributed by atoms with Crippen LogP contribution in [0.3, 0.4) is 0 Å². The minimum atomic E-state index is -0.223. The lowest BCUT2D eigenvalue weighted by molar-refractivity contribution is 0.159. The second kappa shape index (κ2) is 6.17. The summed E-state index contributed by atoms with van der Waals surface area (Å²) in [5, 5.41) is 14.9. The highest BCUT2D eigenvalue weighted by molar-refractivity contribution is 7.09. The van der Waals surface area contributed by atoms with E-state index in [4.69, 9.17) is 0 Å². The lowest BCUT2D eigenvalue weighted by Crippen LogP contribution is -2.32. The number of aliphatic hydroxyl groups excluding tert-OH is 1. The molecular formula is C11H19NOS. The average molecular weight is 213 g/mol. The lowest BCUT2D eigenvalue weighted by atomic mass is 10.1. The summed E-state index contributed by atoms with van der Waals surface area (Å²) in [7, 11) is 0. The van der Waals surface area contributed by atoms with Gasteiger partial charge in [0.15, 0.2) is 0 Å². The van der Waals surface area contributed by atoms with Crippen molar-refractivity contribution in [3.05, 3.63) is 22.4 Å². The summed E-state index contributed by atoms with van der Waals surface area (Å²) in [6, 6.07) is 4.62. The van der Waals surface area contributed by atoms with Crippen molar-refractivity contribution in [1.82, 2.24) is 5.32 Å². The average Bonchev–Trinajstić information content (AvgIpc) is 2.63. The molecule has 80 valence electrons. The van der Waals surface area contributed by atoms with Crippen LogP contribution in [0.5, 0.6) is 0 Å². The molecule has 0 aliphatic rings. The van der Waals surface area contributed by atoms with Crippen LogP contribution in [0.1, 0.15) is 25.1 Å².